The number of rotatable bonds is 4. The summed E-state index contributed by atoms with van der Waals surface area (Å²) in [5, 5.41) is 0. The van der Waals surface area contributed by atoms with Crippen LogP contribution in [0.3, 0.4) is 0 Å². The zero-order valence-electron chi connectivity index (χ0n) is 13.2. The normalized spacial score (nSPS) is 22.5. The Hall–Kier alpha value is -0.670. The van der Waals surface area contributed by atoms with E-state index in [1.54, 1.807) is 20.8 Å². The average Bonchev–Trinajstić information content (AvgIpc) is 2.62. The third kappa shape index (κ3) is 4.93. The first-order chi connectivity index (χ1) is 9.24. The maximum Gasteiger partial charge on any atom is 0.237 e. The molecular weight excluding hydrogens is 316 g/mol. The van der Waals surface area contributed by atoms with Crippen molar-refractivity contribution in [3.63, 3.8) is 0 Å². The second kappa shape index (κ2) is 5.85. The minimum atomic E-state index is -3.53. The van der Waals surface area contributed by atoms with Gasteiger partial charge in [0.1, 0.15) is 0 Å². The van der Waals surface area contributed by atoms with Crippen molar-refractivity contribution in [2.24, 2.45) is 0 Å². The van der Waals surface area contributed by atoms with Crippen molar-refractivity contribution in [1.29, 1.82) is 0 Å². The first-order valence-corrected chi connectivity index (χ1v) is 10.3. The van der Waals surface area contributed by atoms with Crippen molar-refractivity contribution >= 4 is 25.8 Å². The minimum Gasteiger partial charge on any atom is -0.341 e. The molecular formula is C12H24N2O5S2. The van der Waals surface area contributed by atoms with Gasteiger partial charge in [-0.2, -0.15) is 4.31 Å². The van der Waals surface area contributed by atoms with Crippen LogP contribution in [0.4, 0.5) is 0 Å². The van der Waals surface area contributed by atoms with Crippen molar-refractivity contribution in [2.45, 2.75) is 38.8 Å². The van der Waals surface area contributed by atoms with E-state index in [2.05, 4.69) is 0 Å². The van der Waals surface area contributed by atoms with Crippen LogP contribution in [0.25, 0.3) is 0 Å². The molecule has 21 heavy (non-hydrogen) atoms. The van der Waals surface area contributed by atoms with Crippen LogP contribution in [0, 0.1) is 0 Å². The number of carbonyl (C=O) groups is 1. The number of hydrogen-bond acceptors (Lipinski definition) is 5. The van der Waals surface area contributed by atoms with Gasteiger partial charge in [0.15, 0.2) is 9.84 Å². The molecule has 0 aromatic heterocycles. The van der Waals surface area contributed by atoms with E-state index in [9.17, 15) is 21.6 Å². The summed E-state index contributed by atoms with van der Waals surface area (Å²) in [5.41, 5.74) is -0.716. The standard InChI is InChI=1S/C12H24N2O5S2/c1-12(2,3)14(20(5,16)17)8-11(15)13(4)10-6-7-21(18,19)9-10/h10H,6-9H2,1-5H3. The van der Waals surface area contributed by atoms with Gasteiger partial charge in [0, 0.05) is 18.6 Å². The summed E-state index contributed by atoms with van der Waals surface area (Å²) in [4.78, 5) is 13.6. The number of carbonyl (C=O) groups excluding carboxylic acids is 1. The molecule has 0 radical (unpaired) electrons. The Labute approximate surface area is 127 Å². The molecule has 1 aliphatic rings. The quantitative estimate of drug-likeness (QED) is 0.700. The van der Waals surface area contributed by atoms with Gasteiger partial charge in [-0.05, 0) is 27.2 Å². The fourth-order valence-electron chi connectivity index (χ4n) is 2.37. The largest absolute Gasteiger partial charge is 0.341 e. The highest BCUT2D eigenvalue weighted by molar-refractivity contribution is 7.91. The van der Waals surface area contributed by atoms with Crippen molar-refractivity contribution < 1.29 is 21.6 Å². The average molecular weight is 340 g/mol. The Morgan fingerprint density at radius 1 is 1.29 bits per heavy atom. The second-order valence-electron chi connectivity index (χ2n) is 6.50. The minimum absolute atomic E-state index is 0.0520. The Balaban J connectivity index is 2.84. The van der Waals surface area contributed by atoms with Crippen molar-refractivity contribution in [3.05, 3.63) is 0 Å². The molecule has 0 bridgehead atoms. The number of nitrogens with zero attached hydrogens (tertiary/aromatic N) is 2. The third-order valence-corrected chi connectivity index (χ3v) is 6.80. The van der Waals surface area contributed by atoms with Gasteiger partial charge in [0.05, 0.1) is 24.3 Å². The van der Waals surface area contributed by atoms with E-state index in [0.29, 0.717) is 6.42 Å². The summed E-state index contributed by atoms with van der Waals surface area (Å²) >= 11 is 0. The molecule has 1 saturated heterocycles. The summed E-state index contributed by atoms with van der Waals surface area (Å²) in [7, 11) is -5.09. The number of sulfonamides is 1. The summed E-state index contributed by atoms with van der Waals surface area (Å²) < 4.78 is 47.7. The van der Waals surface area contributed by atoms with E-state index < -0.39 is 31.3 Å². The van der Waals surface area contributed by atoms with Gasteiger partial charge in [-0.25, -0.2) is 16.8 Å². The Bertz CT molecular complexity index is 604. The van der Waals surface area contributed by atoms with Crippen LogP contribution in [0.15, 0.2) is 0 Å². The van der Waals surface area contributed by atoms with Gasteiger partial charge in [-0.3, -0.25) is 4.79 Å². The number of sulfone groups is 1. The van der Waals surface area contributed by atoms with Crippen molar-refractivity contribution in [3.8, 4) is 0 Å². The fraction of sp³-hybridized carbons (Fsp3) is 0.917. The van der Waals surface area contributed by atoms with Gasteiger partial charge in [-0.15, -0.1) is 0 Å². The Morgan fingerprint density at radius 2 is 1.81 bits per heavy atom. The van der Waals surface area contributed by atoms with E-state index in [0.717, 1.165) is 10.6 Å². The monoisotopic (exact) mass is 340 g/mol. The van der Waals surface area contributed by atoms with Gasteiger partial charge in [0.25, 0.3) is 0 Å². The highest BCUT2D eigenvalue weighted by atomic mass is 32.2. The molecule has 124 valence electrons. The number of hydrogen-bond donors (Lipinski definition) is 0. The summed E-state index contributed by atoms with van der Waals surface area (Å²) in [5.74, 6) is -0.369. The zero-order chi connectivity index (χ0) is 16.6. The summed E-state index contributed by atoms with van der Waals surface area (Å²) in [6.07, 6.45) is 1.46. The maximum atomic E-state index is 12.3. The van der Waals surface area contributed by atoms with E-state index in [-0.39, 0.29) is 24.1 Å². The van der Waals surface area contributed by atoms with Crippen molar-refractivity contribution in [1.82, 2.24) is 9.21 Å². The van der Waals surface area contributed by atoms with Crippen LogP contribution in [0.1, 0.15) is 27.2 Å². The summed E-state index contributed by atoms with van der Waals surface area (Å²) in [6, 6.07) is -0.371. The van der Waals surface area contributed by atoms with Gasteiger partial charge < -0.3 is 4.90 Å². The van der Waals surface area contributed by atoms with Crippen molar-refractivity contribution in [2.75, 3.05) is 31.4 Å². The Morgan fingerprint density at radius 3 is 2.14 bits per heavy atom. The lowest BCUT2D eigenvalue weighted by Crippen LogP contribution is -2.51. The molecule has 9 heteroatoms. The first-order valence-electron chi connectivity index (χ1n) is 6.68. The predicted molar refractivity (Wildman–Crippen MR) is 81.1 cm³/mol. The second-order valence-corrected chi connectivity index (χ2v) is 10.6. The lowest BCUT2D eigenvalue weighted by Gasteiger charge is -2.34. The van der Waals surface area contributed by atoms with Gasteiger partial charge in [-0.1, -0.05) is 0 Å². The van der Waals surface area contributed by atoms with E-state index >= 15 is 0 Å². The molecule has 0 N–H and O–H groups in total. The van der Waals surface area contributed by atoms with Crippen LogP contribution in [-0.2, 0) is 24.7 Å². The van der Waals surface area contributed by atoms with E-state index in [1.807, 2.05) is 0 Å². The fourth-order valence-corrected chi connectivity index (χ4v) is 5.49. The predicted octanol–water partition coefficient (Wildman–Crippen LogP) is -0.308. The van der Waals surface area contributed by atoms with Gasteiger partial charge >= 0.3 is 0 Å². The van der Waals surface area contributed by atoms with Crippen LogP contribution >= 0.6 is 0 Å². The van der Waals surface area contributed by atoms with Gasteiger partial charge in [0.2, 0.25) is 15.9 Å². The van der Waals surface area contributed by atoms with Crippen LogP contribution in [0.2, 0.25) is 0 Å². The lowest BCUT2D eigenvalue weighted by atomic mass is 10.1. The molecule has 1 amide bonds. The maximum absolute atomic E-state index is 12.3. The van der Waals surface area contributed by atoms with E-state index in [4.69, 9.17) is 0 Å². The number of amides is 1. The van der Waals surface area contributed by atoms with Crippen LogP contribution < -0.4 is 0 Å². The molecule has 1 aliphatic heterocycles. The molecule has 1 unspecified atom stereocenters. The molecule has 0 spiro atoms. The Kier molecular flexibility index (Phi) is 5.12. The number of likely N-dealkylation sites (N-methyl/N-ethyl adjacent to an activating group) is 1. The SMILES string of the molecule is CN(C(=O)CN(C(C)(C)C)S(C)(=O)=O)C1CCS(=O)(=O)C1. The van der Waals surface area contributed by atoms with Crippen LogP contribution in [0.5, 0.6) is 0 Å². The highest BCUT2D eigenvalue weighted by Gasteiger charge is 2.36. The first kappa shape index (κ1) is 18.4. The highest BCUT2D eigenvalue weighted by Crippen LogP contribution is 2.20. The topological polar surface area (TPSA) is 91.8 Å². The lowest BCUT2D eigenvalue weighted by molar-refractivity contribution is -0.132. The molecule has 0 saturated carbocycles. The third-order valence-electron chi connectivity index (χ3n) is 3.58. The van der Waals surface area contributed by atoms with Crippen LogP contribution in [-0.4, -0.2) is 74.9 Å². The molecule has 1 fully saturated rings. The molecule has 7 nitrogen and oxygen atoms in total. The molecule has 1 atom stereocenters. The molecule has 1 rings (SSSR count). The van der Waals surface area contributed by atoms with E-state index in [1.165, 1.54) is 11.9 Å². The molecule has 0 aromatic carbocycles. The molecule has 1 heterocycles. The zero-order valence-corrected chi connectivity index (χ0v) is 14.8. The molecule has 0 aromatic rings. The molecule has 0 aliphatic carbocycles. The smallest absolute Gasteiger partial charge is 0.237 e. The summed E-state index contributed by atoms with van der Waals surface area (Å²) in [6.45, 7) is 4.85.